The second kappa shape index (κ2) is 6.38. The minimum absolute atomic E-state index is 0.219. The van der Waals surface area contributed by atoms with Crippen molar-refractivity contribution in [1.82, 2.24) is 14.9 Å². The Labute approximate surface area is 134 Å². The van der Waals surface area contributed by atoms with E-state index >= 15 is 0 Å². The van der Waals surface area contributed by atoms with Crippen molar-refractivity contribution in [3.63, 3.8) is 0 Å². The largest absolute Gasteiger partial charge is 0.394 e. The Morgan fingerprint density at radius 2 is 2.09 bits per heavy atom. The number of hydrogen-bond acceptors (Lipinski definition) is 7. The van der Waals surface area contributed by atoms with Crippen molar-refractivity contribution in [2.24, 2.45) is 5.73 Å². The van der Waals surface area contributed by atoms with Crippen molar-refractivity contribution in [3.05, 3.63) is 17.6 Å². The van der Waals surface area contributed by atoms with Crippen LogP contribution in [0.25, 0.3) is 0 Å². The van der Waals surface area contributed by atoms with Gasteiger partial charge in [0.05, 0.1) is 18.4 Å². The summed E-state index contributed by atoms with van der Waals surface area (Å²) < 4.78 is 0. The van der Waals surface area contributed by atoms with Gasteiger partial charge in [-0.1, -0.05) is 6.92 Å². The van der Waals surface area contributed by atoms with E-state index < -0.39 is 12.1 Å². The highest BCUT2D eigenvalue weighted by molar-refractivity contribution is 5.82. The normalized spacial score (nSPS) is 25.4. The van der Waals surface area contributed by atoms with E-state index in [1.165, 1.54) is 6.33 Å². The molecule has 126 valence electrons. The van der Waals surface area contributed by atoms with E-state index in [1.54, 1.807) is 4.90 Å². The average molecular weight is 321 g/mol. The van der Waals surface area contributed by atoms with Gasteiger partial charge in [0.2, 0.25) is 5.91 Å². The molecule has 0 bridgehead atoms. The first-order valence-corrected chi connectivity index (χ1v) is 7.96. The molecule has 8 heteroatoms. The van der Waals surface area contributed by atoms with Crippen LogP contribution >= 0.6 is 0 Å². The maximum absolute atomic E-state index is 12.0. The summed E-state index contributed by atoms with van der Waals surface area (Å²) in [5.74, 6) is 0.861. The van der Waals surface area contributed by atoms with Gasteiger partial charge in [-0.05, 0) is 12.3 Å². The summed E-state index contributed by atoms with van der Waals surface area (Å²) in [5, 5.41) is 19.1. The van der Waals surface area contributed by atoms with E-state index in [9.17, 15) is 9.90 Å². The summed E-state index contributed by atoms with van der Waals surface area (Å²) in [4.78, 5) is 24.5. The van der Waals surface area contributed by atoms with Crippen molar-refractivity contribution in [2.75, 3.05) is 37.7 Å². The van der Waals surface area contributed by atoms with Crippen LogP contribution in [0.4, 0.5) is 5.82 Å². The van der Waals surface area contributed by atoms with Gasteiger partial charge in [-0.15, -0.1) is 0 Å². The minimum Gasteiger partial charge on any atom is -0.394 e. The summed E-state index contributed by atoms with van der Waals surface area (Å²) in [6.45, 7) is 4.12. The molecule has 0 spiro atoms. The van der Waals surface area contributed by atoms with Crippen molar-refractivity contribution >= 4 is 11.7 Å². The SMILES string of the molecule is C[C@@H]1C[C@@H](O)c2ncnc(N3CCN(C(=O)[C@H](N)CO)CC3)c21. The molecular weight excluding hydrogens is 298 g/mol. The van der Waals surface area contributed by atoms with Crippen LogP contribution in [-0.2, 0) is 4.79 Å². The van der Waals surface area contributed by atoms with Crippen LogP contribution in [-0.4, -0.2) is 69.8 Å². The lowest BCUT2D eigenvalue weighted by atomic mass is 10.1. The van der Waals surface area contributed by atoms with Crippen LogP contribution in [0.5, 0.6) is 0 Å². The molecule has 1 aromatic rings. The Morgan fingerprint density at radius 3 is 2.74 bits per heavy atom. The zero-order valence-electron chi connectivity index (χ0n) is 13.2. The van der Waals surface area contributed by atoms with Gasteiger partial charge in [0.15, 0.2) is 0 Å². The standard InChI is InChI=1S/C15H23N5O3/c1-9-6-11(22)13-12(9)14(18-8-17-13)19-2-4-20(5-3-19)15(23)10(16)7-21/h8-11,21-22H,2-7,16H2,1H3/t9-,10-,11-/m1/s1. The number of rotatable bonds is 3. The molecule has 23 heavy (non-hydrogen) atoms. The number of piperazine rings is 1. The predicted molar refractivity (Wildman–Crippen MR) is 83.9 cm³/mol. The highest BCUT2D eigenvalue weighted by atomic mass is 16.3. The smallest absolute Gasteiger partial charge is 0.241 e. The Bertz CT molecular complexity index is 588. The molecule has 1 saturated heterocycles. The maximum atomic E-state index is 12.0. The molecule has 1 aromatic heterocycles. The van der Waals surface area contributed by atoms with Crippen LogP contribution in [0.1, 0.15) is 36.6 Å². The van der Waals surface area contributed by atoms with Crippen LogP contribution in [0, 0.1) is 0 Å². The van der Waals surface area contributed by atoms with Gasteiger partial charge in [0.25, 0.3) is 0 Å². The lowest BCUT2D eigenvalue weighted by Crippen LogP contribution is -2.54. The zero-order chi connectivity index (χ0) is 16.6. The van der Waals surface area contributed by atoms with E-state index in [4.69, 9.17) is 10.8 Å². The topological polar surface area (TPSA) is 116 Å². The van der Waals surface area contributed by atoms with E-state index in [-0.39, 0.29) is 18.4 Å². The van der Waals surface area contributed by atoms with Gasteiger partial charge in [0, 0.05) is 31.7 Å². The molecule has 8 nitrogen and oxygen atoms in total. The van der Waals surface area contributed by atoms with Gasteiger partial charge in [-0.3, -0.25) is 4.79 Å². The fraction of sp³-hybridized carbons (Fsp3) is 0.667. The van der Waals surface area contributed by atoms with Crippen molar-refractivity contribution in [3.8, 4) is 0 Å². The van der Waals surface area contributed by atoms with Crippen LogP contribution in [0.2, 0.25) is 0 Å². The number of hydrogen-bond donors (Lipinski definition) is 3. The first-order valence-electron chi connectivity index (χ1n) is 7.96. The summed E-state index contributed by atoms with van der Waals surface area (Å²) >= 11 is 0. The van der Waals surface area contributed by atoms with E-state index in [2.05, 4.69) is 21.8 Å². The molecule has 1 aliphatic heterocycles. The molecule has 1 aliphatic carbocycles. The molecule has 0 radical (unpaired) electrons. The Balaban J connectivity index is 1.73. The van der Waals surface area contributed by atoms with Crippen molar-refractivity contribution in [2.45, 2.75) is 31.4 Å². The molecule has 1 amide bonds. The molecule has 0 aromatic carbocycles. The predicted octanol–water partition coefficient (Wildman–Crippen LogP) is -1.01. The third-order valence-corrected chi connectivity index (χ3v) is 4.68. The molecule has 0 saturated carbocycles. The Morgan fingerprint density at radius 1 is 1.39 bits per heavy atom. The number of fused-ring (bicyclic) bond motifs is 1. The fourth-order valence-electron chi connectivity index (χ4n) is 3.41. The summed E-state index contributed by atoms with van der Waals surface area (Å²) in [7, 11) is 0. The first-order chi connectivity index (χ1) is 11.0. The molecule has 4 N–H and O–H groups in total. The number of carbonyl (C=O) groups is 1. The van der Waals surface area contributed by atoms with Crippen LogP contribution < -0.4 is 10.6 Å². The maximum Gasteiger partial charge on any atom is 0.241 e. The second-order valence-electron chi connectivity index (χ2n) is 6.25. The quantitative estimate of drug-likeness (QED) is 0.653. The molecular formula is C15H23N5O3. The fourth-order valence-corrected chi connectivity index (χ4v) is 3.41. The van der Waals surface area contributed by atoms with E-state index in [0.29, 0.717) is 32.6 Å². The third kappa shape index (κ3) is 2.89. The number of aromatic nitrogens is 2. The number of nitrogens with zero attached hydrogens (tertiary/aromatic N) is 4. The van der Waals surface area contributed by atoms with E-state index in [1.807, 2.05) is 0 Å². The Hall–Kier alpha value is -1.77. The van der Waals surface area contributed by atoms with Gasteiger partial charge >= 0.3 is 0 Å². The lowest BCUT2D eigenvalue weighted by molar-refractivity contribution is -0.133. The number of amides is 1. The monoisotopic (exact) mass is 321 g/mol. The zero-order valence-corrected chi connectivity index (χ0v) is 13.2. The number of aliphatic hydroxyl groups is 2. The molecule has 2 aliphatic rings. The average Bonchev–Trinajstić information content (AvgIpc) is 2.88. The van der Waals surface area contributed by atoms with Crippen LogP contribution in [0.15, 0.2) is 6.33 Å². The van der Waals surface area contributed by atoms with Gasteiger partial charge < -0.3 is 25.7 Å². The summed E-state index contributed by atoms with van der Waals surface area (Å²) in [6.07, 6.45) is 1.64. The second-order valence-corrected chi connectivity index (χ2v) is 6.25. The van der Waals surface area contributed by atoms with Gasteiger partial charge in [-0.25, -0.2) is 9.97 Å². The number of aliphatic hydroxyl groups excluding tert-OH is 2. The summed E-state index contributed by atoms with van der Waals surface area (Å²) in [6, 6.07) is -0.847. The van der Waals surface area contributed by atoms with Gasteiger partial charge in [-0.2, -0.15) is 0 Å². The molecule has 3 rings (SSSR count). The molecule has 1 fully saturated rings. The highest BCUT2D eigenvalue weighted by Crippen LogP contribution is 2.42. The minimum atomic E-state index is -0.847. The van der Waals surface area contributed by atoms with Crippen LogP contribution in [0.3, 0.4) is 0 Å². The molecule has 0 unspecified atom stereocenters. The third-order valence-electron chi connectivity index (χ3n) is 4.68. The van der Waals surface area contributed by atoms with Crippen molar-refractivity contribution < 1.29 is 15.0 Å². The van der Waals surface area contributed by atoms with Crippen molar-refractivity contribution in [1.29, 1.82) is 0 Å². The molecule has 2 heterocycles. The first kappa shape index (κ1) is 16.1. The number of carbonyl (C=O) groups excluding carboxylic acids is 1. The molecule has 3 atom stereocenters. The number of nitrogens with two attached hydrogens (primary N) is 1. The highest BCUT2D eigenvalue weighted by Gasteiger charge is 2.34. The Kier molecular flexibility index (Phi) is 4.47. The summed E-state index contributed by atoms with van der Waals surface area (Å²) in [5.41, 5.74) is 7.34. The lowest BCUT2D eigenvalue weighted by Gasteiger charge is -2.37. The van der Waals surface area contributed by atoms with E-state index in [0.717, 1.165) is 17.1 Å². The van der Waals surface area contributed by atoms with Gasteiger partial charge in [0.1, 0.15) is 18.2 Å². The number of anilines is 1.